The Kier molecular flexibility index (Phi) is 5.56. The van der Waals surface area contributed by atoms with Crippen LogP contribution in [0.4, 0.5) is 0 Å². The summed E-state index contributed by atoms with van der Waals surface area (Å²) in [5.74, 6) is 0. The van der Waals surface area contributed by atoms with Gasteiger partial charge in [0.1, 0.15) is 0 Å². The predicted octanol–water partition coefficient (Wildman–Crippen LogP) is 4.72. The van der Waals surface area contributed by atoms with Gasteiger partial charge in [0, 0.05) is 24.8 Å². The molecular weight excluding hydrogens is 322 g/mol. The molecule has 1 N–H and O–H groups in total. The molecule has 2 atom stereocenters. The topological polar surface area (TPSA) is 41.8 Å². The third-order valence-electron chi connectivity index (χ3n) is 6.29. The Morgan fingerprint density at radius 2 is 1.85 bits per heavy atom. The zero-order valence-corrected chi connectivity index (χ0v) is 17.8. The number of ether oxygens (including phenoxy) is 1. The summed E-state index contributed by atoms with van der Waals surface area (Å²) in [5.41, 5.74) is 6.12. The first-order valence-electron chi connectivity index (χ1n) is 9.43. The molecule has 1 aliphatic rings. The van der Waals surface area contributed by atoms with E-state index in [1.165, 1.54) is 22.3 Å². The highest BCUT2D eigenvalue weighted by molar-refractivity contribution is 6.02. The van der Waals surface area contributed by atoms with Gasteiger partial charge in [-0.15, -0.1) is 0 Å². The number of rotatable bonds is 5. The molecule has 0 radical (unpaired) electrons. The third kappa shape index (κ3) is 3.16. The lowest BCUT2D eigenvalue weighted by atomic mass is 9.58. The minimum atomic E-state index is -0.564. The van der Waals surface area contributed by atoms with Crippen molar-refractivity contribution in [3.63, 3.8) is 0 Å². The van der Waals surface area contributed by atoms with E-state index < -0.39 is 5.54 Å². The molecule has 0 aromatic heterocycles. The van der Waals surface area contributed by atoms with Crippen LogP contribution in [0.15, 0.2) is 29.3 Å². The van der Waals surface area contributed by atoms with Gasteiger partial charge in [-0.05, 0) is 66.5 Å². The molecule has 0 bridgehead atoms. The van der Waals surface area contributed by atoms with Crippen molar-refractivity contribution in [1.29, 1.82) is 0 Å². The van der Waals surface area contributed by atoms with Crippen molar-refractivity contribution in [3.8, 4) is 0 Å². The normalized spacial score (nSPS) is 25.7. The van der Waals surface area contributed by atoms with Crippen LogP contribution in [0.3, 0.4) is 0 Å². The lowest BCUT2D eigenvalue weighted by Gasteiger charge is -2.50. The summed E-state index contributed by atoms with van der Waals surface area (Å²) in [5, 5.41) is 9.86. The first kappa shape index (κ1) is 20.9. The molecule has 0 saturated carbocycles. The quantitative estimate of drug-likeness (QED) is 0.775. The fraction of sp³-hybridized carbons (Fsp3) is 0.609. The number of benzene rings is 1. The lowest BCUT2D eigenvalue weighted by Crippen LogP contribution is -2.52. The second kappa shape index (κ2) is 6.94. The van der Waals surface area contributed by atoms with E-state index in [0.29, 0.717) is 6.61 Å². The number of aryl methyl sites for hydroxylation is 1. The molecule has 1 aromatic rings. The summed E-state index contributed by atoms with van der Waals surface area (Å²) in [4.78, 5) is 5.10. The second-order valence-corrected chi connectivity index (χ2v) is 9.07. The molecule has 0 amide bonds. The predicted molar refractivity (Wildman–Crippen MR) is 111 cm³/mol. The monoisotopic (exact) mass is 357 g/mol. The molecule has 2 unspecified atom stereocenters. The van der Waals surface area contributed by atoms with Crippen LogP contribution in [-0.4, -0.2) is 36.7 Å². The van der Waals surface area contributed by atoms with Gasteiger partial charge >= 0.3 is 0 Å². The molecule has 0 spiro atoms. The van der Waals surface area contributed by atoms with E-state index in [1.54, 1.807) is 7.11 Å². The third-order valence-corrected chi connectivity index (χ3v) is 6.29. The summed E-state index contributed by atoms with van der Waals surface area (Å²) in [6, 6.07) is 4.61. The van der Waals surface area contributed by atoms with E-state index in [0.717, 1.165) is 17.7 Å². The van der Waals surface area contributed by atoms with Crippen molar-refractivity contribution >= 4 is 5.71 Å². The largest absolute Gasteiger partial charge is 0.392 e. The number of fused-ring (bicyclic) bond motifs is 1. The highest BCUT2D eigenvalue weighted by Crippen LogP contribution is 2.50. The standard InChI is InChI=1S/C23H35NO2/c1-15-12-18(21(4,5)6)13-19-17(3)24-23(8,16(2)14-25)22(7,20(15)19)10-11-26-9/h12-13,25H,2,10-11,14H2,1,3-9H3. The maximum absolute atomic E-state index is 9.86. The van der Waals surface area contributed by atoms with Crippen molar-refractivity contribution < 1.29 is 9.84 Å². The smallest absolute Gasteiger partial charge is 0.0906 e. The number of hydrogen-bond acceptors (Lipinski definition) is 3. The van der Waals surface area contributed by atoms with Crippen molar-refractivity contribution in [3.05, 3.63) is 46.5 Å². The first-order chi connectivity index (χ1) is 11.9. The van der Waals surface area contributed by atoms with Crippen LogP contribution >= 0.6 is 0 Å². The molecule has 2 rings (SSSR count). The second-order valence-electron chi connectivity index (χ2n) is 9.07. The van der Waals surface area contributed by atoms with Gasteiger partial charge in [0.25, 0.3) is 0 Å². The van der Waals surface area contributed by atoms with E-state index in [2.05, 4.69) is 67.2 Å². The Bertz CT molecular complexity index is 741. The summed E-state index contributed by atoms with van der Waals surface area (Å²) in [6.45, 7) is 20.1. The molecule has 1 heterocycles. The average Bonchev–Trinajstić information content (AvgIpc) is 2.55. The van der Waals surface area contributed by atoms with Crippen molar-refractivity contribution in [2.24, 2.45) is 4.99 Å². The van der Waals surface area contributed by atoms with Crippen LogP contribution in [0.1, 0.15) is 70.2 Å². The van der Waals surface area contributed by atoms with Crippen LogP contribution in [0.25, 0.3) is 0 Å². The Labute approximate surface area is 159 Å². The van der Waals surface area contributed by atoms with Crippen LogP contribution in [0.5, 0.6) is 0 Å². The minimum Gasteiger partial charge on any atom is -0.392 e. The maximum atomic E-state index is 9.86. The van der Waals surface area contributed by atoms with Gasteiger partial charge in [-0.1, -0.05) is 40.3 Å². The van der Waals surface area contributed by atoms with Gasteiger partial charge in [-0.3, -0.25) is 4.99 Å². The number of aliphatic hydroxyl groups excluding tert-OH is 1. The summed E-state index contributed by atoms with van der Waals surface area (Å²) < 4.78 is 5.44. The Hall–Kier alpha value is -1.45. The minimum absolute atomic E-state index is 0.0652. The summed E-state index contributed by atoms with van der Waals surface area (Å²) in [7, 11) is 1.73. The Morgan fingerprint density at radius 3 is 2.35 bits per heavy atom. The van der Waals surface area contributed by atoms with Crippen LogP contribution < -0.4 is 0 Å². The number of hydrogen-bond donors (Lipinski definition) is 1. The molecule has 0 saturated heterocycles. The number of aliphatic imine (C=N–C) groups is 1. The highest BCUT2D eigenvalue weighted by Gasteiger charge is 2.51. The maximum Gasteiger partial charge on any atom is 0.0906 e. The summed E-state index contributed by atoms with van der Waals surface area (Å²) in [6.07, 6.45) is 0.818. The number of aliphatic hydroxyl groups is 1. The molecule has 3 nitrogen and oxygen atoms in total. The molecule has 3 heteroatoms. The lowest BCUT2D eigenvalue weighted by molar-refractivity contribution is 0.143. The van der Waals surface area contributed by atoms with Crippen LogP contribution in [0.2, 0.25) is 0 Å². The van der Waals surface area contributed by atoms with Crippen molar-refractivity contribution in [1.82, 2.24) is 0 Å². The van der Waals surface area contributed by atoms with E-state index in [-0.39, 0.29) is 17.4 Å². The molecule has 1 aromatic carbocycles. The van der Waals surface area contributed by atoms with Gasteiger partial charge in [0.15, 0.2) is 0 Å². The molecular formula is C23H35NO2. The van der Waals surface area contributed by atoms with Crippen LogP contribution in [0, 0.1) is 6.92 Å². The molecule has 1 aliphatic heterocycles. The number of nitrogens with zero attached hydrogens (tertiary/aromatic N) is 1. The molecule has 26 heavy (non-hydrogen) atoms. The van der Waals surface area contributed by atoms with Gasteiger partial charge < -0.3 is 9.84 Å². The average molecular weight is 358 g/mol. The van der Waals surface area contributed by atoms with Gasteiger partial charge in [0.2, 0.25) is 0 Å². The van der Waals surface area contributed by atoms with Gasteiger partial charge in [0.05, 0.1) is 12.1 Å². The fourth-order valence-electron chi connectivity index (χ4n) is 4.30. The van der Waals surface area contributed by atoms with Crippen molar-refractivity contribution in [2.75, 3.05) is 20.3 Å². The zero-order chi connectivity index (χ0) is 19.9. The highest BCUT2D eigenvalue weighted by atomic mass is 16.5. The van der Waals surface area contributed by atoms with E-state index >= 15 is 0 Å². The SMILES string of the molecule is C=C(CO)C1(C)N=C(C)c2cc(C(C)(C)C)cc(C)c2C1(C)CCOC. The Balaban J connectivity index is 2.82. The zero-order valence-electron chi connectivity index (χ0n) is 17.8. The van der Waals surface area contributed by atoms with E-state index in [4.69, 9.17) is 9.73 Å². The van der Waals surface area contributed by atoms with Gasteiger partial charge in [-0.2, -0.15) is 0 Å². The Morgan fingerprint density at radius 1 is 1.23 bits per heavy atom. The van der Waals surface area contributed by atoms with Crippen molar-refractivity contribution in [2.45, 2.75) is 71.3 Å². The fourth-order valence-corrected chi connectivity index (χ4v) is 4.30. The van der Waals surface area contributed by atoms with E-state index in [9.17, 15) is 5.11 Å². The van der Waals surface area contributed by atoms with Gasteiger partial charge in [-0.25, -0.2) is 0 Å². The van der Waals surface area contributed by atoms with E-state index in [1.807, 2.05) is 0 Å². The first-order valence-corrected chi connectivity index (χ1v) is 9.43. The van der Waals surface area contributed by atoms with Crippen LogP contribution in [-0.2, 0) is 15.6 Å². The summed E-state index contributed by atoms with van der Waals surface area (Å²) >= 11 is 0. The molecule has 144 valence electrons. The molecule has 0 fully saturated rings. The number of methoxy groups -OCH3 is 1. The molecule has 0 aliphatic carbocycles.